The predicted molar refractivity (Wildman–Crippen MR) is 146 cm³/mol. The highest BCUT2D eigenvalue weighted by atomic mass is 16.6. The Morgan fingerprint density at radius 3 is 2.50 bits per heavy atom. The Morgan fingerprint density at radius 1 is 1.20 bits per heavy atom. The Balaban J connectivity index is 1.95. The lowest BCUT2D eigenvalue weighted by atomic mass is 10.1. The van der Waals surface area contributed by atoms with Gasteiger partial charge in [-0.2, -0.15) is 5.10 Å². The Hall–Kier alpha value is -4.48. The molecule has 3 aromatic rings. The van der Waals surface area contributed by atoms with Crippen LogP contribution in [-0.4, -0.2) is 66.4 Å². The van der Waals surface area contributed by atoms with Crippen molar-refractivity contribution < 1.29 is 29.0 Å². The van der Waals surface area contributed by atoms with Crippen molar-refractivity contribution in [3.63, 3.8) is 0 Å². The summed E-state index contributed by atoms with van der Waals surface area (Å²) < 4.78 is 8.11. The molecule has 2 heterocycles. The van der Waals surface area contributed by atoms with Crippen molar-refractivity contribution in [1.82, 2.24) is 24.4 Å². The third kappa shape index (κ3) is 6.05. The zero-order valence-electron chi connectivity index (χ0n) is 23.5. The molecule has 212 valence electrons. The second kappa shape index (κ2) is 10.9. The van der Waals surface area contributed by atoms with Gasteiger partial charge < -0.3 is 15.2 Å². The molecule has 3 amide bonds. The molecule has 0 aliphatic heterocycles. The van der Waals surface area contributed by atoms with E-state index in [9.17, 15) is 24.3 Å². The number of amides is 3. The van der Waals surface area contributed by atoms with Gasteiger partial charge in [0.05, 0.1) is 11.3 Å². The van der Waals surface area contributed by atoms with Gasteiger partial charge in [0.1, 0.15) is 17.4 Å². The number of carbonyl (C=O) groups is 4. The molecular formula is C28H34N6O6. The second-order valence-corrected chi connectivity index (χ2v) is 10.9. The highest BCUT2D eigenvalue weighted by molar-refractivity contribution is 6.04. The number of aryl methyl sites for hydroxylation is 2. The van der Waals surface area contributed by atoms with E-state index in [-0.39, 0.29) is 29.5 Å². The van der Waals surface area contributed by atoms with E-state index in [1.165, 1.54) is 17.0 Å². The molecule has 2 N–H and O–H groups in total. The second-order valence-electron chi connectivity index (χ2n) is 10.9. The molecule has 12 nitrogen and oxygen atoms in total. The van der Waals surface area contributed by atoms with Crippen LogP contribution in [-0.2, 0) is 4.74 Å². The van der Waals surface area contributed by atoms with Crippen LogP contribution in [0, 0.1) is 13.8 Å². The largest absolute Gasteiger partial charge is 0.465 e. The summed E-state index contributed by atoms with van der Waals surface area (Å²) in [5, 5.41) is 16.9. The highest BCUT2D eigenvalue weighted by Gasteiger charge is 2.28. The monoisotopic (exact) mass is 550 g/mol. The van der Waals surface area contributed by atoms with Gasteiger partial charge in [-0.15, -0.1) is 0 Å². The zero-order valence-corrected chi connectivity index (χ0v) is 23.5. The Bertz CT molecular complexity index is 1570. The fraction of sp³-hybridized carbons (Fsp3) is 0.429. The Morgan fingerprint density at radius 2 is 1.90 bits per heavy atom. The first-order valence-electron chi connectivity index (χ1n) is 13.1. The normalized spacial score (nSPS) is 13.8. The molecule has 0 spiro atoms. The van der Waals surface area contributed by atoms with E-state index in [2.05, 4.69) is 10.4 Å². The maximum atomic E-state index is 13.3. The standard InChI is InChI=1S/C28H34N6O6/c1-7-12-32(26(37)38)25(36)20-14-34-22(17(20)3)23(33(15-29-34)27(39)40-28(4,5)6)31-21-13-18(9-8-16(21)2)24(35)30-19-10-11-19/h8-9,13-15,19H,7,10-12H2,1-6H3,(H,30,35)(H,37,38). The number of carboxylic acid groups (broad SMARTS) is 1. The zero-order chi connectivity index (χ0) is 29.4. The molecule has 0 bridgehead atoms. The average molecular weight is 551 g/mol. The lowest BCUT2D eigenvalue weighted by molar-refractivity contribution is 0.0526. The van der Waals surface area contributed by atoms with E-state index in [0.29, 0.717) is 28.8 Å². The number of rotatable bonds is 6. The van der Waals surface area contributed by atoms with Crippen LogP contribution in [0.4, 0.5) is 15.3 Å². The van der Waals surface area contributed by atoms with Crippen molar-refractivity contribution in [3.05, 3.63) is 58.5 Å². The molecule has 0 radical (unpaired) electrons. The number of hydrogen-bond donors (Lipinski definition) is 2. The van der Waals surface area contributed by atoms with Gasteiger partial charge in [-0.3, -0.25) is 9.59 Å². The molecular weight excluding hydrogens is 516 g/mol. The number of nitrogens with one attached hydrogen (secondary N) is 1. The van der Waals surface area contributed by atoms with Gasteiger partial charge in [-0.1, -0.05) is 13.0 Å². The first-order chi connectivity index (χ1) is 18.8. The lowest BCUT2D eigenvalue weighted by Crippen LogP contribution is -2.36. The van der Waals surface area contributed by atoms with Crippen LogP contribution in [0.2, 0.25) is 0 Å². The molecule has 40 heavy (non-hydrogen) atoms. The summed E-state index contributed by atoms with van der Waals surface area (Å²) in [6, 6.07) is 5.30. The lowest BCUT2D eigenvalue weighted by Gasteiger charge is -2.20. The number of ether oxygens (including phenoxy) is 1. The van der Waals surface area contributed by atoms with Crippen molar-refractivity contribution >= 4 is 35.2 Å². The van der Waals surface area contributed by atoms with Gasteiger partial charge in [0, 0.05) is 24.3 Å². The van der Waals surface area contributed by atoms with Crippen LogP contribution in [0.3, 0.4) is 0 Å². The van der Waals surface area contributed by atoms with E-state index in [1.54, 1.807) is 52.8 Å². The van der Waals surface area contributed by atoms with E-state index >= 15 is 0 Å². The summed E-state index contributed by atoms with van der Waals surface area (Å²) >= 11 is 0. The van der Waals surface area contributed by atoms with Gasteiger partial charge in [0.2, 0.25) is 0 Å². The molecule has 1 saturated carbocycles. The predicted octanol–water partition coefficient (Wildman–Crippen LogP) is 4.19. The molecule has 12 heteroatoms. The maximum Gasteiger partial charge on any atom is 0.421 e. The first-order valence-corrected chi connectivity index (χ1v) is 13.1. The van der Waals surface area contributed by atoms with Gasteiger partial charge in [0.25, 0.3) is 11.8 Å². The molecule has 2 aromatic heterocycles. The van der Waals surface area contributed by atoms with Crippen LogP contribution in [0.15, 0.2) is 35.7 Å². The Kier molecular flexibility index (Phi) is 7.81. The van der Waals surface area contributed by atoms with Crippen molar-refractivity contribution in [1.29, 1.82) is 0 Å². The minimum Gasteiger partial charge on any atom is -0.465 e. The fourth-order valence-corrected chi connectivity index (χ4v) is 4.12. The van der Waals surface area contributed by atoms with Crippen molar-refractivity contribution in [3.8, 4) is 0 Å². The minimum atomic E-state index is -1.36. The topological polar surface area (TPSA) is 148 Å². The molecule has 1 fully saturated rings. The fourth-order valence-electron chi connectivity index (χ4n) is 4.12. The van der Waals surface area contributed by atoms with Crippen LogP contribution >= 0.6 is 0 Å². The summed E-state index contributed by atoms with van der Waals surface area (Å²) in [6.07, 6.45) is 2.90. The molecule has 1 aromatic carbocycles. The SMILES string of the molecule is CCCN(C(=O)O)C(=O)c1cn2ncn(C(=O)OC(C)(C)C)c(=Nc3cc(C(=O)NC4CC4)ccc3C)c2c1C. The number of aromatic nitrogens is 3. The summed E-state index contributed by atoms with van der Waals surface area (Å²) in [7, 11) is 0. The van der Waals surface area contributed by atoms with E-state index in [4.69, 9.17) is 9.73 Å². The van der Waals surface area contributed by atoms with E-state index in [0.717, 1.165) is 27.9 Å². The van der Waals surface area contributed by atoms with Crippen molar-refractivity contribution in [2.45, 2.75) is 72.4 Å². The highest BCUT2D eigenvalue weighted by Crippen LogP contribution is 2.24. The molecule has 0 atom stereocenters. The summed E-state index contributed by atoms with van der Waals surface area (Å²) in [6.45, 7) is 10.5. The molecule has 1 aliphatic rings. The smallest absolute Gasteiger partial charge is 0.421 e. The van der Waals surface area contributed by atoms with Crippen LogP contribution in [0.5, 0.6) is 0 Å². The van der Waals surface area contributed by atoms with Gasteiger partial charge in [-0.25, -0.2) is 28.6 Å². The number of fused-ring (bicyclic) bond motifs is 1. The minimum absolute atomic E-state index is 0.0251. The molecule has 0 saturated heterocycles. The average Bonchev–Trinajstić information content (AvgIpc) is 3.62. The van der Waals surface area contributed by atoms with Crippen LogP contribution in [0.1, 0.15) is 78.8 Å². The third-order valence-corrected chi connectivity index (χ3v) is 6.33. The summed E-state index contributed by atoms with van der Waals surface area (Å²) in [5.41, 5.74) is 1.70. The quantitative estimate of drug-likeness (QED) is 0.468. The van der Waals surface area contributed by atoms with Crippen molar-refractivity contribution in [2.75, 3.05) is 6.54 Å². The van der Waals surface area contributed by atoms with Gasteiger partial charge in [0.15, 0.2) is 5.49 Å². The Labute approximate surface area is 231 Å². The number of carbonyl (C=O) groups excluding carboxylic acids is 3. The van der Waals surface area contributed by atoms with Gasteiger partial charge in [-0.05, 0) is 77.1 Å². The van der Waals surface area contributed by atoms with Crippen molar-refractivity contribution in [2.24, 2.45) is 4.99 Å². The van der Waals surface area contributed by atoms with E-state index in [1.807, 2.05) is 6.92 Å². The number of nitrogens with zero attached hydrogens (tertiary/aromatic N) is 5. The first kappa shape index (κ1) is 28.5. The number of imide groups is 1. The number of hydrogen-bond acceptors (Lipinski definition) is 7. The summed E-state index contributed by atoms with van der Waals surface area (Å²) in [4.78, 5) is 56.5. The van der Waals surface area contributed by atoms with E-state index < -0.39 is 23.7 Å². The molecule has 0 unspecified atom stereocenters. The molecule has 1 aliphatic carbocycles. The maximum absolute atomic E-state index is 13.3. The van der Waals surface area contributed by atoms with Crippen LogP contribution < -0.4 is 10.8 Å². The van der Waals surface area contributed by atoms with Crippen LogP contribution in [0.25, 0.3) is 5.52 Å². The summed E-state index contributed by atoms with van der Waals surface area (Å²) in [5.74, 6) is -0.919. The molecule has 4 rings (SSSR count). The third-order valence-electron chi connectivity index (χ3n) is 6.33. The van der Waals surface area contributed by atoms with Gasteiger partial charge >= 0.3 is 12.2 Å². The number of benzene rings is 1.